The molecule has 29 heavy (non-hydrogen) atoms. The monoisotopic (exact) mass is 418 g/mol. The van der Waals surface area contributed by atoms with Crippen LogP contribution in [0.15, 0.2) is 47.4 Å². The number of sulfonamides is 1. The number of nitrogens with zero attached hydrogens (tertiary/aromatic N) is 1. The van der Waals surface area contributed by atoms with Gasteiger partial charge in [-0.3, -0.25) is 4.79 Å². The average Bonchev–Trinajstić information content (AvgIpc) is 3.24. The second-order valence-corrected chi connectivity index (χ2v) is 8.75. The summed E-state index contributed by atoms with van der Waals surface area (Å²) in [5.41, 5.74) is 0.890. The number of methoxy groups -OCH3 is 2. The van der Waals surface area contributed by atoms with Gasteiger partial charge in [-0.15, -0.1) is 0 Å². The summed E-state index contributed by atoms with van der Waals surface area (Å²) in [7, 11) is 1.02. The van der Waals surface area contributed by atoms with Crippen LogP contribution in [-0.4, -0.2) is 41.6 Å². The van der Waals surface area contributed by atoms with Gasteiger partial charge in [0.25, 0.3) is 5.91 Å². The van der Waals surface area contributed by atoms with E-state index in [0.717, 1.165) is 25.7 Å². The Hall–Kier alpha value is -2.58. The molecule has 1 amide bonds. The van der Waals surface area contributed by atoms with Gasteiger partial charge in [-0.05, 0) is 43.2 Å². The van der Waals surface area contributed by atoms with Crippen LogP contribution in [0.3, 0.4) is 0 Å². The highest BCUT2D eigenvalue weighted by Gasteiger charge is 2.24. The number of benzene rings is 2. The lowest BCUT2D eigenvalue weighted by Gasteiger charge is -2.19. The van der Waals surface area contributed by atoms with E-state index >= 15 is 0 Å². The number of hydrogen-bond acceptors (Lipinski definition) is 5. The molecule has 8 heteroatoms. The summed E-state index contributed by atoms with van der Waals surface area (Å²) in [6.45, 7) is 0. The number of rotatable bonds is 7. The zero-order valence-electron chi connectivity index (χ0n) is 16.8. The van der Waals surface area contributed by atoms with Crippen molar-refractivity contribution in [1.29, 1.82) is 0 Å². The normalized spacial score (nSPS) is 14.6. The summed E-state index contributed by atoms with van der Waals surface area (Å²) < 4.78 is 38.6. The SMILES string of the molecule is COc1ccc(N(C)C(=O)c2cccc(S(=O)(=O)NC3CCCC3)c2)cc1OC. The van der Waals surface area contributed by atoms with Crippen LogP contribution in [-0.2, 0) is 10.0 Å². The first-order valence-corrected chi connectivity index (χ1v) is 11.0. The summed E-state index contributed by atoms with van der Waals surface area (Å²) in [4.78, 5) is 14.5. The van der Waals surface area contributed by atoms with Crippen LogP contribution >= 0.6 is 0 Å². The first kappa shape index (κ1) is 21.1. The van der Waals surface area contributed by atoms with Gasteiger partial charge in [-0.25, -0.2) is 13.1 Å². The number of carbonyl (C=O) groups excluding carboxylic acids is 1. The second kappa shape index (κ2) is 8.84. The molecule has 1 aliphatic carbocycles. The molecule has 1 fully saturated rings. The maximum atomic E-state index is 13.0. The Bertz CT molecular complexity index is 984. The van der Waals surface area contributed by atoms with E-state index in [2.05, 4.69) is 4.72 Å². The number of nitrogens with one attached hydrogen (secondary N) is 1. The third kappa shape index (κ3) is 4.71. The van der Waals surface area contributed by atoms with Crippen molar-refractivity contribution in [1.82, 2.24) is 4.72 Å². The molecule has 2 aromatic carbocycles. The molecular weight excluding hydrogens is 392 g/mol. The lowest BCUT2D eigenvalue weighted by molar-refractivity contribution is 0.0992. The zero-order valence-corrected chi connectivity index (χ0v) is 17.7. The number of ether oxygens (including phenoxy) is 2. The van der Waals surface area contributed by atoms with Gasteiger partial charge < -0.3 is 14.4 Å². The highest BCUT2D eigenvalue weighted by molar-refractivity contribution is 7.89. The number of carbonyl (C=O) groups is 1. The first-order chi connectivity index (χ1) is 13.9. The van der Waals surface area contributed by atoms with E-state index in [-0.39, 0.29) is 22.4 Å². The van der Waals surface area contributed by atoms with Crippen LogP contribution in [0.4, 0.5) is 5.69 Å². The minimum absolute atomic E-state index is 0.0335. The molecule has 0 saturated heterocycles. The smallest absolute Gasteiger partial charge is 0.258 e. The fraction of sp³-hybridized carbons (Fsp3) is 0.381. The van der Waals surface area contributed by atoms with Crippen molar-refractivity contribution >= 4 is 21.6 Å². The summed E-state index contributed by atoms with van der Waals surface area (Å²) in [6.07, 6.45) is 3.75. The maximum absolute atomic E-state index is 13.0. The molecule has 0 unspecified atom stereocenters. The van der Waals surface area contributed by atoms with Gasteiger partial charge in [0.1, 0.15) is 0 Å². The van der Waals surface area contributed by atoms with Crippen LogP contribution in [0.5, 0.6) is 11.5 Å². The molecule has 1 saturated carbocycles. The Labute approximate surface area is 171 Å². The molecule has 0 aliphatic heterocycles. The Morgan fingerprint density at radius 3 is 2.38 bits per heavy atom. The predicted molar refractivity (Wildman–Crippen MR) is 111 cm³/mol. The largest absolute Gasteiger partial charge is 0.493 e. The fourth-order valence-electron chi connectivity index (χ4n) is 3.47. The van der Waals surface area contributed by atoms with Crippen molar-refractivity contribution in [3.05, 3.63) is 48.0 Å². The van der Waals surface area contributed by atoms with E-state index in [0.29, 0.717) is 17.2 Å². The number of hydrogen-bond donors (Lipinski definition) is 1. The van der Waals surface area contributed by atoms with Gasteiger partial charge in [-0.2, -0.15) is 0 Å². The lowest BCUT2D eigenvalue weighted by Crippen LogP contribution is -2.33. The van der Waals surface area contributed by atoms with Crippen molar-refractivity contribution in [3.63, 3.8) is 0 Å². The van der Waals surface area contributed by atoms with E-state index in [9.17, 15) is 13.2 Å². The van der Waals surface area contributed by atoms with Crippen LogP contribution in [0.2, 0.25) is 0 Å². The molecule has 0 bridgehead atoms. The first-order valence-electron chi connectivity index (χ1n) is 9.48. The minimum Gasteiger partial charge on any atom is -0.493 e. The second-order valence-electron chi connectivity index (χ2n) is 7.03. The molecule has 156 valence electrons. The van der Waals surface area contributed by atoms with Crippen molar-refractivity contribution in [2.24, 2.45) is 0 Å². The van der Waals surface area contributed by atoms with E-state index in [1.807, 2.05) is 0 Å². The summed E-state index contributed by atoms with van der Waals surface area (Å²) in [5.74, 6) is 0.736. The van der Waals surface area contributed by atoms with Gasteiger partial charge in [0.15, 0.2) is 11.5 Å². The van der Waals surface area contributed by atoms with Gasteiger partial charge in [0, 0.05) is 30.4 Å². The van der Waals surface area contributed by atoms with Gasteiger partial charge >= 0.3 is 0 Å². The molecule has 3 rings (SSSR count). The predicted octanol–water partition coefficient (Wildman–Crippen LogP) is 3.20. The lowest BCUT2D eigenvalue weighted by atomic mass is 10.2. The maximum Gasteiger partial charge on any atom is 0.258 e. The average molecular weight is 419 g/mol. The summed E-state index contributed by atoms with van der Waals surface area (Å²) >= 11 is 0. The van der Waals surface area contributed by atoms with Crippen molar-refractivity contribution < 1.29 is 22.7 Å². The molecule has 1 N–H and O–H groups in total. The van der Waals surface area contributed by atoms with Gasteiger partial charge in [0.05, 0.1) is 19.1 Å². The quantitative estimate of drug-likeness (QED) is 0.746. The summed E-state index contributed by atoms with van der Waals surface area (Å²) in [5, 5.41) is 0. The molecule has 7 nitrogen and oxygen atoms in total. The van der Waals surface area contributed by atoms with Crippen molar-refractivity contribution in [2.75, 3.05) is 26.2 Å². The Morgan fingerprint density at radius 1 is 1.03 bits per heavy atom. The Morgan fingerprint density at radius 2 is 1.72 bits per heavy atom. The minimum atomic E-state index is -3.67. The molecule has 0 spiro atoms. The van der Waals surface area contributed by atoms with E-state index < -0.39 is 10.0 Å². The highest BCUT2D eigenvalue weighted by Crippen LogP contribution is 2.31. The topological polar surface area (TPSA) is 84.9 Å². The molecule has 0 heterocycles. The molecule has 0 radical (unpaired) electrons. The Kier molecular flexibility index (Phi) is 6.44. The van der Waals surface area contributed by atoms with Crippen LogP contribution in [0.25, 0.3) is 0 Å². The fourth-order valence-corrected chi connectivity index (χ4v) is 4.82. The summed E-state index contributed by atoms with van der Waals surface area (Å²) in [6, 6.07) is 11.2. The van der Waals surface area contributed by atoms with Crippen molar-refractivity contribution in [2.45, 2.75) is 36.6 Å². The van der Waals surface area contributed by atoms with E-state index in [1.165, 1.54) is 31.3 Å². The Balaban J connectivity index is 1.83. The highest BCUT2D eigenvalue weighted by atomic mass is 32.2. The molecule has 0 aromatic heterocycles. The van der Waals surface area contributed by atoms with E-state index in [4.69, 9.17) is 9.47 Å². The van der Waals surface area contributed by atoms with Crippen LogP contribution in [0.1, 0.15) is 36.0 Å². The molecule has 1 aliphatic rings. The van der Waals surface area contributed by atoms with Crippen molar-refractivity contribution in [3.8, 4) is 11.5 Å². The van der Waals surface area contributed by atoms with Crippen LogP contribution in [0, 0.1) is 0 Å². The third-order valence-corrected chi connectivity index (χ3v) is 6.65. The number of amides is 1. The van der Waals surface area contributed by atoms with Crippen LogP contribution < -0.4 is 19.1 Å². The number of anilines is 1. The van der Waals surface area contributed by atoms with Gasteiger partial charge in [0.2, 0.25) is 10.0 Å². The van der Waals surface area contributed by atoms with E-state index in [1.54, 1.807) is 37.4 Å². The third-order valence-electron chi connectivity index (χ3n) is 5.13. The zero-order chi connectivity index (χ0) is 21.0. The van der Waals surface area contributed by atoms with Gasteiger partial charge in [-0.1, -0.05) is 18.9 Å². The molecule has 2 aromatic rings. The standard InChI is InChI=1S/C21H26N2O5S/c1-23(17-11-12-19(27-2)20(14-17)28-3)21(24)15-7-6-10-18(13-15)29(25,26)22-16-8-4-5-9-16/h6-7,10-14,16,22H,4-5,8-9H2,1-3H3. The molecule has 0 atom stereocenters. The molecular formula is C21H26N2O5S.